The first-order valence-corrected chi connectivity index (χ1v) is 30.6. The first kappa shape index (κ1) is 47.8. The van der Waals surface area contributed by atoms with Crippen molar-refractivity contribution >= 4 is 34.0 Å². The zero-order chi connectivity index (χ0) is 45.0. The van der Waals surface area contributed by atoms with Crippen molar-refractivity contribution < 1.29 is 28.5 Å². The summed E-state index contributed by atoms with van der Waals surface area (Å²) in [4.78, 5) is 42.9. The number of carbonyl (C=O) groups excluding carboxylic acids is 2. The third-order valence-corrected chi connectivity index (χ3v) is 15.4. The molecule has 0 radical (unpaired) electrons. The highest BCUT2D eigenvalue weighted by atomic mass is 28.3. The zero-order valence-electron chi connectivity index (χ0n) is 40.1. The van der Waals surface area contributed by atoms with Crippen molar-refractivity contribution in [1.82, 2.24) is 28.9 Å². The molecule has 5 heterocycles. The summed E-state index contributed by atoms with van der Waals surface area (Å²) < 4.78 is 28.8. The SMILES string of the molecule is CC(C)(C)OC(=O)N1CCC[C@@H]1c1ncc(C2CCN(c3ccc(-c4cnc([C@@H]5CCCN5C(=O)OC(C)(C)C)n4COCC[Si](C)(C)C)cc3)CC2)n1COCC[Si](C)(C)C. The van der Waals surface area contributed by atoms with Crippen LogP contribution in [0.3, 0.4) is 0 Å². The van der Waals surface area contributed by atoms with Gasteiger partial charge in [-0.05, 0) is 110 Å². The number of aromatic nitrogens is 4. The number of amides is 2. The number of piperidine rings is 1. The Labute approximate surface area is 373 Å². The van der Waals surface area contributed by atoms with Crippen LogP contribution in [0.5, 0.6) is 0 Å². The van der Waals surface area contributed by atoms with E-state index in [1.54, 1.807) is 0 Å². The first-order valence-electron chi connectivity index (χ1n) is 23.2. The standard InChI is InChI=1S/C47H77N7O6Si2/c1-46(2,3)59-44(55)51-23-13-15-38(51)42-48-31-40(53(42)33-57-27-29-61(7,8)9)35-17-19-37(20-18-35)50-25-21-36(22-26-50)41-32-49-43(54(41)34-58-28-30-62(10,11)12)39-16-14-24-52(39)45(56)60-47(4,5)6/h17-20,31-32,36,38-39H,13-16,21-30,33-34H2,1-12H3/t38-,39+/m0/s1. The van der Waals surface area contributed by atoms with Crippen LogP contribution in [0.1, 0.15) is 115 Å². The second kappa shape index (κ2) is 19.6. The van der Waals surface area contributed by atoms with Gasteiger partial charge in [-0.3, -0.25) is 9.80 Å². The van der Waals surface area contributed by atoms with E-state index in [-0.39, 0.29) is 24.3 Å². The van der Waals surface area contributed by atoms with Gasteiger partial charge in [0.15, 0.2) is 0 Å². The van der Waals surface area contributed by atoms with Crippen molar-refractivity contribution in [2.24, 2.45) is 0 Å². The van der Waals surface area contributed by atoms with Gasteiger partial charge in [0.1, 0.15) is 36.3 Å². The summed E-state index contributed by atoms with van der Waals surface area (Å²) in [5.41, 5.74) is 3.31. The lowest BCUT2D eigenvalue weighted by Gasteiger charge is -2.34. The topological polar surface area (TPSA) is 116 Å². The van der Waals surface area contributed by atoms with Crippen LogP contribution in [0.4, 0.5) is 15.3 Å². The molecule has 2 aromatic heterocycles. The minimum atomic E-state index is -1.28. The van der Waals surface area contributed by atoms with E-state index in [2.05, 4.69) is 77.6 Å². The molecular formula is C47H77N7O6Si2. The molecule has 3 aliphatic rings. The number of hydrogen-bond acceptors (Lipinski definition) is 9. The lowest BCUT2D eigenvalue weighted by molar-refractivity contribution is 0.0194. The van der Waals surface area contributed by atoms with E-state index in [1.807, 2.05) is 63.7 Å². The Morgan fingerprint density at radius 3 is 1.60 bits per heavy atom. The minimum absolute atomic E-state index is 0.135. The van der Waals surface area contributed by atoms with Crippen LogP contribution in [0.25, 0.3) is 11.3 Å². The van der Waals surface area contributed by atoms with Crippen LogP contribution in [0.15, 0.2) is 36.7 Å². The largest absolute Gasteiger partial charge is 0.444 e. The number of likely N-dealkylation sites (tertiary alicyclic amines) is 2. The second-order valence-corrected chi connectivity index (χ2v) is 33.3. The molecule has 2 amide bonds. The van der Waals surface area contributed by atoms with E-state index in [0.29, 0.717) is 39.1 Å². The molecule has 344 valence electrons. The van der Waals surface area contributed by atoms with Gasteiger partial charge in [-0.1, -0.05) is 51.4 Å². The van der Waals surface area contributed by atoms with E-state index in [1.165, 1.54) is 11.4 Å². The summed E-state index contributed by atoms with van der Waals surface area (Å²) in [6.45, 7) is 31.1. The van der Waals surface area contributed by atoms with Gasteiger partial charge in [0.05, 0.1) is 24.0 Å². The van der Waals surface area contributed by atoms with Gasteiger partial charge in [-0.25, -0.2) is 19.6 Å². The van der Waals surface area contributed by atoms with Gasteiger partial charge in [0.25, 0.3) is 0 Å². The van der Waals surface area contributed by atoms with Crippen LogP contribution in [0, 0.1) is 0 Å². The quantitative estimate of drug-likeness (QED) is 0.109. The molecule has 1 aromatic carbocycles. The molecule has 3 fully saturated rings. The molecule has 0 saturated carbocycles. The van der Waals surface area contributed by atoms with Gasteiger partial charge in [-0.15, -0.1) is 0 Å². The molecule has 3 aromatic rings. The maximum atomic E-state index is 13.3. The fourth-order valence-corrected chi connectivity index (χ4v) is 10.2. The number of nitrogens with zero attached hydrogens (tertiary/aromatic N) is 7. The highest BCUT2D eigenvalue weighted by Crippen LogP contribution is 2.39. The monoisotopic (exact) mass is 892 g/mol. The van der Waals surface area contributed by atoms with E-state index in [9.17, 15) is 9.59 Å². The van der Waals surface area contributed by atoms with Gasteiger partial charge in [0.2, 0.25) is 0 Å². The van der Waals surface area contributed by atoms with Crippen molar-refractivity contribution in [3.63, 3.8) is 0 Å². The second-order valence-electron chi connectivity index (χ2n) is 22.1. The third-order valence-electron chi connectivity index (χ3n) is 12.0. The van der Waals surface area contributed by atoms with Crippen molar-refractivity contribution in [2.45, 2.75) is 174 Å². The molecule has 15 heteroatoms. The summed E-state index contributed by atoms with van der Waals surface area (Å²) >= 11 is 0. The van der Waals surface area contributed by atoms with Crippen LogP contribution >= 0.6 is 0 Å². The number of benzene rings is 1. The van der Waals surface area contributed by atoms with Crippen molar-refractivity contribution in [3.05, 3.63) is 54.0 Å². The third kappa shape index (κ3) is 12.7. The Morgan fingerprint density at radius 1 is 0.645 bits per heavy atom. The minimum Gasteiger partial charge on any atom is -0.444 e. The molecule has 6 rings (SSSR count). The highest BCUT2D eigenvalue weighted by Gasteiger charge is 2.38. The van der Waals surface area contributed by atoms with E-state index >= 15 is 0 Å². The average Bonchev–Trinajstić information content (AvgIpc) is 3.99. The fourth-order valence-electron chi connectivity index (χ4n) is 8.65. The maximum Gasteiger partial charge on any atom is 0.410 e. The number of ether oxygens (including phenoxy) is 4. The Kier molecular flexibility index (Phi) is 15.1. The predicted octanol–water partition coefficient (Wildman–Crippen LogP) is 10.9. The van der Waals surface area contributed by atoms with Crippen LogP contribution in [-0.2, 0) is 32.4 Å². The Bertz CT molecular complexity index is 1950. The molecule has 13 nitrogen and oxygen atoms in total. The summed E-state index contributed by atoms with van der Waals surface area (Å²) in [5.74, 6) is 2.08. The smallest absolute Gasteiger partial charge is 0.410 e. The molecule has 0 unspecified atom stereocenters. The number of rotatable bonds is 15. The number of hydrogen-bond donors (Lipinski definition) is 0. The van der Waals surface area contributed by atoms with Gasteiger partial charge >= 0.3 is 12.2 Å². The lowest BCUT2D eigenvalue weighted by Crippen LogP contribution is -2.37. The highest BCUT2D eigenvalue weighted by molar-refractivity contribution is 6.76. The number of anilines is 1. The van der Waals surface area contributed by atoms with E-state index < -0.39 is 27.3 Å². The van der Waals surface area contributed by atoms with Crippen LogP contribution < -0.4 is 4.90 Å². The Hall–Kier alpha value is -3.67. The summed E-state index contributed by atoms with van der Waals surface area (Å²) in [7, 11) is -2.54. The molecule has 0 spiro atoms. The lowest BCUT2D eigenvalue weighted by atomic mass is 9.93. The summed E-state index contributed by atoms with van der Waals surface area (Å²) in [6, 6.07) is 10.7. The van der Waals surface area contributed by atoms with Crippen molar-refractivity contribution in [1.29, 1.82) is 0 Å². The number of carbonyl (C=O) groups is 2. The number of imidazole rings is 2. The summed E-state index contributed by atoms with van der Waals surface area (Å²) in [6.07, 6.45) is 8.90. The van der Waals surface area contributed by atoms with E-state index in [4.69, 9.17) is 28.9 Å². The van der Waals surface area contributed by atoms with Crippen molar-refractivity contribution in [2.75, 3.05) is 44.3 Å². The Balaban J connectivity index is 1.17. The average molecular weight is 892 g/mol. The molecule has 0 bridgehead atoms. The normalized spacial score (nSPS) is 19.5. The first-order chi connectivity index (χ1) is 29.1. The van der Waals surface area contributed by atoms with Crippen LogP contribution in [-0.4, -0.2) is 108 Å². The zero-order valence-corrected chi connectivity index (χ0v) is 42.1. The molecule has 3 aliphatic heterocycles. The molecule has 2 atom stereocenters. The van der Waals surface area contributed by atoms with Gasteiger partial charge in [0, 0.05) is 79.0 Å². The molecule has 3 saturated heterocycles. The molecule has 0 N–H and O–H groups in total. The molecular weight excluding hydrogens is 815 g/mol. The summed E-state index contributed by atoms with van der Waals surface area (Å²) in [5, 5.41) is 0. The maximum absolute atomic E-state index is 13.3. The van der Waals surface area contributed by atoms with Crippen molar-refractivity contribution in [3.8, 4) is 11.3 Å². The molecule has 0 aliphatic carbocycles. The van der Waals surface area contributed by atoms with Gasteiger partial charge < -0.3 is 33.0 Å². The Morgan fingerprint density at radius 2 is 1.11 bits per heavy atom. The van der Waals surface area contributed by atoms with Crippen LogP contribution in [0.2, 0.25) is 51.4 Å². The van der Waals surface area contributed by atoms with Gasteiger partial charge in [-0.2, -0.15) is 0 Å². The van der Waals surface area contributed by atoms with E-state index in [0.717, 1.165) is 93.2 Å². The molecule has 62 heavy (non-hydrogen) atoms. The fraction of sp³-hybridized carbons (Fsp3) is 0.702. The predicted molar refractivity (Wildman–Crippen MR) is 252 cm³/mol.